The SMILES string of the molecule is Cc1ccc(Cl)cc1NC(=O)CSc1nnc(-c2ccco2)n1CC(C)C. The van der Waals surface area contributed by atoms with E-state index in [1.807, 2.05) is 29.7 Å². The van der Waals surface area contributed by atoms with E-state index in [0.717, 1.165) is 12.1 Å². The number of nitrogens with one attached hydrogen (secondary N) is 1. The summed E-state index contributed by atoms with van der Waals surface area (Å²) < 4.78 is 7.45. The zero-order chi connectivity index (χ0) is 19.4. The van der Waals surface area contributed by atoms with Crippen LogP contribution in [-0.4, -0.2) is 26.4 Å². The zero-order valence-corrected chi connectivity index (χ0v) is 17.0. The number of halogens is 1. The van der Waals surface area contributed by atoms with Gasteiger partial charge in [0, 0.05) is 17.3 Å². The van der Waals surface area contributed by atoms with E-state index in [1.165, 1.54) is 11.8 Å². The lowest BCUT2D eigenvalue weighted by Crippen LogP contribution is -2.16. The Hall–Kier alpha value is -2.25. The lowest BCUT2D eigenvalue weighted by Gasteiger charge is -2.12. The number of aromatic nitrogens is 3. The van der Waals surface area contributed by atoms with Gasteiger partial charge in [-0.1, -0.05) is 43.3 Å². The Morgan fingerprint density at radius 3 is 2.85 bits per heavy atom. The van der Waals surface area contributed by atoms with Crippen LogP contribution in [0.3, 0.4) is 0 Å². The van der Waals surface area contributed by atoms with Crippen molar-refractivity contribution in [3.8, 4) is 11.6 Å². The summed E-state index contributed by atoms with van der Waals surface area (Å²) in [5, 5.41) is 12.7. The van der Waals surface area contributed by atoms with E-state index >= 15 is 0 Å². The number of hydrogen-bond donors (Lipinski definition) is 1. The van der Waals surface area contributed by atoms with E-state index in [4.69, 9.17) is 16.0 Å². The smallest absolute Gasteiger partial charge is 0.234 e. The van der Waals surface area contributed by atoms with E-state index in [-0.39, 0.29) is 11.7 Å². The molecule has 27 heavy (non-hydrogen) atoms. The highest BCUT2D eigenvalue weighted by atomic mass is 35.5. The molecule has 1 N–H and O–H groups in total. The molecule has 0 fully saturated rings. The maximum atomic E-state index is 12.4. The van der Waals surface area contributed by atoms with Crippen LogP contribution in [0, 0.1) is 12.8 Å². The summed E-state index contributed by atoms with van der Waals surface area (Å²) >= 11 is 7.35. The Bertz CT molecular complexity index is 922. The third-order valence-corrected chi connectivity index (χ3v) is 5.01. The van der Waals surface area contributed by atoms with E-state index in [0.29, 0.717) is 33.4 Å². The highest BCUT2D eigenvalue weighted by Crippen LogP contribution is 2.26. The first kappa shape index (κ1) is 19.5. The molecule has 2 aromatic heterocycles. The van der Waals surface area contributed by atoms with E-state index in [2.05, 4.69) is 29.4 Å². The van der Waals surface area contributed by atoms with Crippen molar-refractivity contribution in [2.24, 2.45) is 5.92 Å². The second-order valence-corrected chi connectivity index (χ2v) is 7.96. The topological polar surface area (TPSA) is 73.0 Å². The van der Waals surface area contributed by atoms with Gasteiger partial charge in [-0.15, -0.1) is 10.2 Å². The summed E-state index contributed by atoms with van der Waals surface area (Å²) in [6.45, 7) is 6.90. The van der Waals surface area contributed by atoms with Crippen LogP contribution in [0.1, 0.15) is 19.4 Å². The van der Waals surface area contributed by atoms with Crippen molar-refractivity contribution < 1.29 is 9.21 Å². The molecule has 0 radical (unpaired) electrons. The number of benzene rings is 1. The first-order chi connectivity index (χ1) is 12.9. The highest BCUT2D eigenvalue weighted by molar-refractivity contribution is 7.99. The normalized spacial score (nSPS) is 11.1. The van der Waals surface area contributed by atoms with Gasteiger partial charge >= 0.3 is 0 Å². The second kappa shape index (κ2) is 8.63. The number of thioether (sulfide) groups is 1. The molecule has 3 rings (SSSR count). The molecule has 0 bridgehead atoms. The summed E-state index contributed by atoms with van der Waals surface area (Å²) in [4.78, 5) is 12.4. The zero-order valence-electron chi connectivity index (χ0n) is 15.4. The molecular formula is C19H21ClN4O2S. The molecule has 3 aromatic rings. The largest absolute Gasteiger partial charge is 0.461 e. The Morgan fingerprint density at radius 1 is 1.33 bits per heavy atom. The molecule has 1 amide bonds. The number of anilines is 1. The third-order valence-electron chi connectivity index (χ3n) is 3.81. The first-order valence-electron chi connectivity index (χ1n) is 8.60. The predicted octanol–water partition coefficient (Wildman–Crippen LogP) is 4.89. The Labute approximate surface area is 167 Å². The highest BCUT2D eigenvalue weighted by Gasteiger charge is 2.18. The molecule has 0 aliphatic carbocycles. The van der Waals surface area contributed by atoms with Gasteiger partial charge in [-0.3, -0.25) is 9.36 Å². The van der Waals surface area contributed by atoms with Crippen LogP contribution in [0.5, 0.6) is 0 Å². The lowest BCUT2D eigenvalue weighted by molar-refractivity contribution is -0.113. The summed E-state index contributed by atoms with van der Waals surface area (Å²) in [7, 11) is 0. The van der Waals surface area contributed by atoms with Crippen LogP contribution < -0.4 is 5.32 Å². The van der Waals surface area contributed by atoms with Crippen LogP contribution in [0.25, 0.3) is 11.6 Å². The number of amides is 1. The molecule has 0 aliphatic heterocycles. The second-order valence-electron chi connectivity index (χ2n) is 6.58. The van der Waals surface area contributed by atoms with Gasteiger partial charge < -0.3 is 9.73 Å². The average molecular weight is 405 g/mol. The van der Waals surface area contributed by atoms with Crippen molar-refractivity contribution in [2.45, 2.75) is 32.5 Å². The maximum absolute atomic E-state index is 12.4. The molecule has 0 saturated heterocycles. The van der Waals surface area contributed by atoms with Crippen molar-refractivity contribution in [1.29, 1.82) is 0 Å². The standard InChI is InChI=1S/C19H21ClN4O2S/c1-12(2)10-24-18(16-5-4-8-26-16)22-23-19(24)27-11-17(25)21-15-9-14(20)7-6-13(15)3/h4-9,12H,10-11H2,1-3H3,(H,21,25). The van der Waals surface area contributed by atoms with E-state index in [9.17, 15) is 4.79 Å². The van der Waals surface area contributed by atoms with Crippen LogP contribution in [-0.2, 0) is 11.3 Å². The van der Waals surface area contributed by atoms with Gasteiger partial charge in [0.15, 0.2) is 16.7 Å². The van der Waals surface area contributed by atoms with Crippen LogP contribution in [0.4, 0.5) is 5.69 Å². The Morgan fingerprint density at radius 2 is 2.15 bits per heavy atom. The van der Waals surface area contributed by atoms with Gasteiger partial charge in [-0.05, 0) is 42.7 Å². The minimum atomic E-state index is -0.121. The van der Waals surface area contributed by atoms with E-state index in [1.54, 1.807) is 18.4 Å². The molecule has 0 spiro atoms. The fourth-order valence-electron chi connectivity index (χ4n) is 2.56. The molecule has 142 valence electrons. The molecular weight excluding hydrogens is 384 g/mol. The fourth-order valence-corrected chi connectivity index (χ4v) is 3.48. The fraction of sp³-hybridized carbons (Fsp3) is 0.316. The summed E-state index contributed by atoms with van der Waals surface area (Å²) in [5.41, 5.74) is 1.67. The number of carbonyl (C=O) groups is 1. The lowest BCUT2D eigenvalue weighted by atomic mass is 10.2. The monoisotopic (exact) mass is 404 g/mol. The van der Waals surface area contributed by atoms with Gasteiger partial charge in [0.25, 0.3) is 0 Å². The predicted molar refractivity (Wildman–Crippen MR) is 108 cm³/mol. The number of aryl methyl sites for hydroxylation is 1. The van der Waals surface area contributed by atoms with Gasteiger partial charge in [0.1, 0.15) is 0 Å². The number of furan rings is 1. The summed E-state index contributed by atoms with van der Waals surface area (Å²) in [5.74, 6) is 1.83. The molecule has 1 aromatic carbocycles. The molecule has 0 aliphatic rings. The van der Waals surface area contributed by atoms with Crippen molar-refractivity contribution >= 4 is 35.0 Å². The van der Waals surface area contributed by atoms with Gasteiger partial charge in [-0.2, -0.15) is 0 Å². The third kappa shape index (κ3) is 4.93. The van der Waals surface area contributed by atoms with Gasteiger partial charge in [-0.25, -0.2) is 0 Å². The number of rotatable bonds is 7. The molecule has 0 atom stereocenters. The van der Waals surface area contributed by atoms with Crippen LogP contribution in [0.15, 0.2) is 46.2 Å². The summed E-state index contributed by atoms with van der Waals surface area (Å²) in [6, 6.07) is 9.09. The molecule has 6 nitrogen and oxygen atoms in total. The van der Waals surface area contributed by atoms with Crippen molar-refractivity contribution in [3.05, 3.63) is 47.2 Å². The minimum Gasteiger partial charge on any atom is -0.461 e. The van der Waals surface area contributed by atoms with Gasteiger partial charge in [0.2, 0.25) is 5.91 Å². The Kier molecular flexibility index (Phi) is 6.23. The summed E-state index contributed by atoms with van der Waals surface area (Å²) in [6.07, 6.45) is 1.61. The Balaban J connectivity index is 1.72. The number of carbonyl (C=O) groups excluding carboxylic acids is 1. The quantitative estimate of drug-likeness (QED) is 0.567. The number of hydrogen-bond acceptors (Lipinski definition) is 5. The van der Waals surface area contributed by atoms with Crippen molar-refractivity contribution in [2.75, 3.05) is 11.1 Å². The molecule has 8 heteroatoms. The van der Waals surface area contributed by atoms with Crippen LogP contribution >= 0.6 is 23.4 Å². The van der Waals surface area contributed by atoms with Crippen LogP contribution in [0.2, 0.25) is 5.02 Å². The minimum absolute atomic E-state index is 0.121. The molecule has 0 unspecified atom stereocenters. The maximum Gasteiger partial charge on any atom is 0.234 e. The average Bonchev–Trinajstić information content (AvgIpc) is 3.26. The molecule has 0 saturated carbocycles. The van der Waals surface area contributed by atoms with E-state index < -0.39 is 0 Å². The van der Waals surface area contributed by atoms with Crippen molar-refractivity contribution in [3.63, 3.8) is 0 Å². The van der Waals surface area contributed by atoms with Crippen molar-refractivity contribution in [1.82, 2.24) is 14.8 Å². The molecule has 2 heterocycles. The first-order valence-corrected chi connectivity index (χ1v) is 9.96. The van der Waals surface area contributed by atoms with Gasteiger partial charge in [0.05, 0.1) is 12.0 Å². The number of nitrogens with zero attached hydrogens (tertiary/aromatic N) is 3.